The summed E-state index contributed by atoms with van der Waals surface area (Å²) in [7, 11) is 1.38. The SMILES string of the molecule is COc1nccnc1C(=O)c1ccc(C)cc1F. The van der Waals surface area contributed by atoms with Gasteiger partial charge in [0.1, 0.15) is 5.82 Å². The number of hydrogen-bond donors (Lipinski definition) is 0. The monoisotopic (exact) mass is 246 g/mol. The quantitative estimate of drug-likeness (QED) is 0.779. The Morgan fingerprint density at radius 1 is 1.28 bits per heavy atom. The molecule has 1 aromatic carbocycles. The molecule has 18 heavy (non-hydrogen) atoms. The van der Waals surface area contributed by atoms with E-state index in [4.69, 9.17) is 4.74 Å². The van der Waals surface area contributed by atoms with Gasteiger partial charge in [-0.1, -0.05) is 6.07 Å². The Labute approximate surface area is 103 Å². The number of carbonyl (C=O) groups is 1. The highest BCUT2D eigenvalue weighted by Gasteiger charge is 2.20. The van der Waals surface area contributed by atoms with Crippen LogP contribution in [0.3, 0.4) is 0 Å². The zero-order valence-electron chi connectivity index (χ0n) is 9.98. The van der Waals surface area contributed by atoms with Gasteiger partial charge in [-0.3, -0.25) is 4.79 Å². The minimum atomic E-state index is -0.576. The van der Waals surface area contributed by atoms with Crippen molar-refractivity contribution in [3.63, 3.8) is 0 Å². The fourth-order valence-electron chi connectivity index (χ4n) is 1.56. The van der Waals surface area contributed by atoms with Gasteiger partial charge in [0.05, 0.1) is 12.7 Å². The highest BCUT2D eigenvalue weighted by atomic mass is 19.1. The van der Waals surface area contributed by atoms with Crippen molar-refractivity contribution in [3.8, 4) is 5.88 Å². The van der Waals surface area contributed by atoms with E-state index in [9.17, 15) is 9.18 Å². The largest absolute Gasteiger partial charge is 0.479 e. The molecule has 0 unspecified atom stereocenters. The van der Waals surface area contributed by atoms with Gasteiger partial charge in [0.2, 0.25) is 11.7 Å². The molecule has 0 aliphatic carbocycles. The summed E-state index contributed by atoms with van der Waals surface area (Å²) in [6.45, 7) is 1.75. The van der Waals surface area contributed by atoms with E-state index >= 15 is 0 Å². The first-order valence-corrected chi connectivity index (χ1v) is 5.29. The van der Waals surface area contributed by atoms with Gasteiger partial charge in [-0.25, -0.2) is 14.4 Å². The topological polar surface area (TPSA) is 52.1 Å². The Morgan fingerprint density at radius 2 is 2.00 bits per heavy atom. The van der Waals surface area contributed by atoms with E-state index in [0.29, 0.717) is 0 Å². The summed E-state index contributed by atoms with van der Waals surface area (Å²) in [6.07, 6.45) is 2.77. The molecular formula is C13H11FN2O2. The Bertz CT molecular complexity index is 599. The van der Waals surface area contributed by atoms with Crippen LogP contribution in [0.25, 0.3) is 0 Å². The van der Waals surface area contributed by atoms with Gasteiger partial charge in [0, 0.05) is 12.4 Å². The molecule has 0 saturated carbocycles. The molecule has 0 bridgehead atoms. The number of methoxy groups -OCH3 is 1. The maximum absolute atomic E-state index is 13.7. The van der Waals surface area contributed by atoms with E-state index in [1.54, 1.807) is 13.0 Å². The lowest BCUT2D eigenvalue weighted by Gasteiger charge is -2.06. The number of carbonyl (C=O) groups excluding carboxylic acids is 1. The summed E-state index contributed by atoms with van der Waals surface area (Å²) in [5.74, 6) is -1.03. The van der Waals surface area contributed by atoms with Gasteiger partial charge < -0.3 is 4.74 Å². The average Bonchev–Trinajstić information content (AvgIpc) is 2.38. The lowest BCUT2D eigenvalue weighted by molar-refractivity contribution is 0.102. The molecule has 0 radical (unpaired) electrons. The van der Waals surface area contributed by atoms with Gasteiger partial charge in [-0.05, 0) is 24.6 Å². The first kappa shape index (κ1) is 12.2. The summed E-state index contributed by atoms with van der Waals surface area (Å²) in [5, 5.41) is 0. The molecule has 0 saturated heterocycles. The third-order valence-electron chi connectivity index (χ3n) is 2.44. The molecule has 0 aliphatic heterocycles. The third kappa shape index (κ3) is 2.20. The van der Waals surface area contributed by atoms with E-state index in [-0.39, 0.29) is 17.1 Å². The summed E-state index contributed by atoms with van der Waals surface area (Å²) in [5.41, 5.74) is 0.706. The number of nitrogens with zero attached hydrogens (tertiary/aromatic N) is 2. The van der Waals surface area contributed by atoms with Crippen LogP contribution in [0.1, 0.15) is 21.6 Å². The van der Waals surface area contributed by atoms with Crippen LogP contribution in [0.15, 0.2) is 30.6 Å². The summed E-state index contributed by atoms with van der Waals surface area (Å²) >= 11 is 0. The summed E-state index contributed by atoms with van der Waals surface area (Å²) in [4.78, 5) is 19.9. The molecule has 2 rings (SSSR count). The Morgan fingerprint density at radius 3 is 2.67 bits per heavy atom. The molecule has 0 spiro atoms. The molecular weight excluding hydrogens is 235 g/mol. The molecule has 0 aliphatic rings. The number of aromatic nitrogens is 2. The molecule has 1 heterocycles. The fourth-order valence-corrected chi connectivity index (χ4v) is 1.56. The van der Waals surface area contributed by atoms with Gasteiger partial charge >= 0.3 is 0 Å². The van der Waals surface area contributed by atoms with E-state index in [2.05, 4.69) is 9.97 Å². The number of aryl methyl sites for hydroxylation is 1. The van der Waals surface area contributed by atoms with Crippen molar-refractivity contribution in [2.45, 2.75) is 6.92 Å². The lowest BCUT2D eigenvalue weighted by atomic mass is 10.1. The highest BCUT2D eigenvalue weighted by Crippen LogP contribution is 2.18. The summed E-state index contributed by atoms with van der Waals surface area (Å²) < 4.78 is 18.6. The van der Waals surface area contributed by atoms with E-state index < -0.39 is 11.6 Å². The second-order valence-corrected chi connectivity index (χ2v) is 3.73. The van der Waals surface area contributed by atoms with Crippen molar-refractivity contribution in [1.82, 2.24) is 9.97 Å². The Kier molecular flexibility index (Phi) is 3.32. The van der Waals surface area contributed by atoms with Crippen LogP contribution in [-0.4, -0.2) is 22.9 Å². The number of hydrogen-bond acceptors (Lipinski definition) is 4. The number of ether oxygens (including phenoxy) is 1. The Balaban J connectivity index is 2.48. The van der Waals surface area contributed by atoms with Crippen molar-refractivity contribution in [2.75, 3.05) is 7.11 Å². The van der Waals surface area contributed by atoms with Gasteiger partial charge in [0.25, 0.3) is 0 Å². The van der Waals surface area contributed by atoms with Crippen LogP contribution < -0.4 is 4.74 Å². The maximum Gasteiger partial charge on any atom is 0.243 e. The van der Waals surface area contributed by atoms with Crippen molar-refractivity contribution in [1.29, 1.82) is 0 Å². The van der Waals surface area contributed by atoms with Crippen LogP contribution in [0.4, 0.5) is 4.39 Å². The van der Waals surface area contributed by atoms with Crippen LogP contribution >= 0.6 is 0 Å². The van der Waals surface area contributed by atoms with E-state index in [0.717, 1.165) is 5.56 Å². The van der Waals surface area contributed by atoms with Crippen LogP contribution in [0.5, 0.6) is 5.88 Å². The number of rotatable bonds is 3. The molecule has 4 nitrogen and oxygen atoms in total. The molecule has 5 heteroatoms. The van der Waals surface area contributed by atoms with Crippen molar-refractivity contribution >= 4 is 5.78 Å². The maximum atomic E-state index is 13.7. The average molecular weight is 246 g/mol. The third-order valence-corrected chi connectivity index (χ3v) is 2.44. The molecule has 2 aromatic rings. The molecule has 0 fully saturated rings. The van der Waals surface area contributed by atoms with E-state index in [1.165, 1.54) is 31.6 Å². The van der Waals surface area contributed by atoms with Crippen molar-refractivity contribution in [2.24, 2.45) is 0 Å². The second kappa shape index (κ2) is 4.91. The molecule has 0 N–H and O–H groups in total. The second-order valence-electron chi connectivity index (χ2n) is 3.73. The highest BCUT2D eigenvalue weighted by molar-refractivity contribution is 6.09. The molecule has 0 amide bonds. The van der Waals surface area contributed by atoms with Crippen LogP contribution in [0, 0.1) is 12.7 Å². The number of ketones is 1. The van der Waals surface area contributed by atoms with Crippen molar-refractivity contribution in [3.05, 3.63) is 53.2 Å². The zero-order chi connectivity index (χ0) is 13.1. The zero-order valence-corrected chi connectivity index (χ0v) is 9.98. The van der Waals surface area contributed by atoms with Crippen molar-refractivity contribution < 1.29 is 13.9 Å². The number of halogens is 1. The Hall–Kier alpha value is -2.30. The smallest absolute Gasteiger partial charge is 0.243 e. The number of benzene rings is 1. The normalized spacial score (nSPS) is 10.2. The minimum Gasteiger partial charge on any atom is -0.479 e. The first-order chi connectivity index (χ1) is 8.63. The van der Waals surface area contributed by atoms with Gasteiger partial charge in [-0.15, -0.1) is 0 Å². The van der Waals surface area contributed by atoms with Gasteiger partial charge in [-0.2, -0.15) is 0 Å². The first-order valence-electron chi connectivity index (χ1n) is 5.29. The standard InChI is InChI=1S/C13H11FN2O2/c1-8-3-4-9(10(14)7-8)12(17)11-13(18-2)16-6-5-15-11/h3-7H,1-2H3. The van der Waals surface area contributed by atoms with Crippen LogP contribution in [-0.2, 0) is 0 Å². The van der Waals surface area contributed by atoms with Crippen LogP contribution in [0.2, 0.25) is 0 Å². The lowest BCUT2D eigenvalue weighted by Crippen LogP contribution is -2.09. The predicted octanol–water partition coefficient (Wildman–Crippen LogP) is 2.16. The predicted molar refractivity (Wildman–Crippen MR) is 63.2 cm³/mol. The minimum absolute atomic E-state index is 0.00255. The van der Waals surface area contributed by atoms with E-state index in [1.807, 2.05) is 0 Å². The molecule has 92 valence electrons. The molecule has 0 atom stereocenters. The van der Waals surface area contributed by atoms with Gasteiger partial charge in [0.15, 0.2) is 5.69 Å². The fraction of sp³-hybridized carbons (Fsp3) is 0.154. The molecule has 1 aromatic heterocycles. The summed E-state index contributed by atoms with van der Waals surface area (Å²) in [6, 6.07) is 4.40.